The van der Waals surface area contributed by atoms with Crippen molar-refractivity contribution < 1.29 is 22.7 Å². The van der Waals surface area contributed by atoms with Gasteiger partial charge in [0.25, 0.3) is 0 Å². The highest BCUT2D eigenvalue weighted by Crippen LogP contribution is 2.23. The Morgan fingerprint density at radius 2 is 2.27 bits per heavy atom. The van der Waals surface area contributed by atoms with Crippen molar-refractivity contribution in [3.05, 3.63) is 18.2 Å². The summed E-state index contributed by atoms with van der Waals surface area (Å²) in [6, 6.07) is 0.123. The third-order valence-electron chi connectivity index (χ3n) is 3.70. The van der Waals surface area contributed by atoms with Crippen LogP contribution < -0.4 is 0 Å². The molecule has 2 heterocycles. The zero-order valence-electron chi connectivity index (χ0n) is 12.5. The van der Waals surface area contributed by atoms with Gasteiger partial charge in [-0.25, -0.2) is 4.98 Å². The lowest BCUT2D eigenvalue weighted by atomic mass is 10.1. The molecule has 1 aliphatic rings. The van der Waals surface area contributed by atoms with Crippen LogP contribution in [-0.4, -0.2) is 52.8 Å². The molecule has 1 atom stereocenters. The van der Waals surface area contributed by atoms with E-state index in [1.807, 2.05) is 13.1 Å². The first-order valence-electron chi connectivity index (χ1n) is 7.34. The molecule has 5 nitrogen and oxygen atoms in total. The summed E-state index contributed by atoms with van der Waals surface area (Å²) in [6.45, 7) is 1.13. The van der Waals surface area contributed by atoms with Gasteiger partial charge in [-0.1, -0.05) is 6.92 Å². The van der Waals surface area contributed by atoms with Crippen molar-refractivity contribution in [2.24, 2.45) is 0 Å². The summed E-state index contributed by atoms with van der Waals surface area (Å²) >= 11 is 0. The van der Waals surface area contributed by atoms with E-state index >= 15 is 0 Å². The predicted molar refractivity (Wildman–Crippen MR) is 73.3 cm³/mol. The smallest absolute Gasteiger partial charge is 0.362 e. The number of aryl methyl sites for hydroxylation is 1. The van der Waals surface area contributed by atoms with Crippen LogP contribution in [0.15, 0.2) is 12.4 Å². The Kier molecular flexibility index (Phi) is 5.44. The molecular formula is C14H20F3N3O2. The number of imidazole rings is 1. The lowest BCUT2D eigenvalue weighted by molar-refractivity contribution is -0.178. The topological polar surface area (TPSA) is 47.4 Å². The minimum atomic E-state index is -4.41. The first-order valence-corrected chi connectivity index (χ1v) is 7.34. The number of nitrogens with zero attached hydrogens (tertiary/aromatic N) is 3. The largest absolute Gasteiger partial charge is 0.411 e. The molecule has 0 bridgehead atoms. The Labute approximate surface area is 127 Å². The monoisotopic (exact) mass is 319 g/mol. The summed E-state index contributed by atoms with van der Waals surface area (Å²) in [4.78, 5) is 17.8. The standard InChI is InChI=1S/C14H20F3N3O2/c1-2-12-18-5-7-20(12)11-4-3-6-19(8-11)13(21)9-22-10-14(15,16)17/h5,7,11H,2-4,6,8-10H2,1H3/t11-/m0/s1. The van der Waals surface area contributed by atoms with Gasteiger partial charge in [0, 0.05) is 31.9 Å². The summed E-state index contributed by atoms with van der Waals surface area (Å²) < 4.78 is 42.6. The normalized spacial score (nSPS) is 19.5. The molecule has 1 aliphatic heterocycles. The number of rotatable bonds is 5. The molecule has 1 saturated heterocycles. The van der Waals surface area contributed by atoms with Crippen molar-refractivity contribution in [1.29, 1.82) is 0 Å². The Morgan fingerprint density at radius 1 is 1.50 bits per heavy atom. The highest BCUT2D eigenvalue weighted by molar-refractivity contribution is 5.77. The second kappa shape index (κ2) is 7.13. The molecule has 0 saturated carbocycles. The lowest BCUT2D eigenvalue weighted by Gasteiger charge is -2.34. The van der Waals surface area contributed by atoms with Gasteiger partial charge in [-0.15, -0.1) is 0 Å². The van der Waals surface area contributed by atoms with Gasteiger partial charge in [-0.2, -0.15) is 13.2 Å². The van der Waals surface area contributed by atoms with E-state index in [2.05, 4.69) is 14.3 Å². The molecule has 1 aromatic rings. The third-order valence-corrected chi connectivity index (χ3v) is 3.70. The van der Waals surface area contributed by atoms with Crippen molar-refractivity contribution in [1.82, 2.24) is 14.5 Å². The molecule has 0 aliphatic carbocycles. The minimum Gasteiger partial charge on any atom is -0.362 e. The summed E-state index contributed by atoms with van der Waals surface area (Å²) in [5.41, 5.74) is 0. The van der Waals surface area contributed by atoms with Crippen molar-refractivity contribution in [3.63, 3.8) is 0 Å². The van der Waals surface area contributed by atoms with Gasteiger partial charge in [0.2, 0.25) is 5.91 Å². The van der Waals surface area contributed by atoms with Gasteiger partial charge in [0.05, 0.1) is 6.04 Å². The van der Waals surface area contributed by atoms with E-state index in [-0.39, 0.29) is 6.04 Å². The van der Waals surface area contributed by atoms with Crippen molar-refractivity contribution in [2.75, 3.05) is 26.3 Å². The highest BCUT2D eigenvalue weighted by Gasteiger charge is 2.29. The number of hydrogen-bond donors (Lipinski definition) is 0. The summed E-state index contributed by atoms with van der Waals surface area (Å²) in [5.74, 6) is 0.555. The number of carbonyl (C=O) groups is 1. The Balaban J connectivity index is 1.89. The number of alkyl halides is 3. The van der Waals surface area contributed by atoms with Gasteiger partial charge >= 0.3 is 6.18 Å². The van der Waals surface area contributed by atoms with Gasteiger partial charge in [-0.3, -0.25) is 4.79 Å². The molecule has 1 amide bonds. The quantitative estimate of drug-likeness (QED) is 0.836. The van der Waals surface area contributed by atoms with Gasteiger partial charge in [0.15, 0.2) is 0 Å². The molecule has 0 aromatic carbocycles. The maximum Gasteiger partial charge on any atom is 0.411 e. The highest BCUT2D eigenvalue weighted by atomic mass is 19.4. The number of halogens is 3. The maximum absolute atomic E-state index is 12.0. The fourth-order valence-electron chi connectivity index (χ4n) is 2.70. The number of piperidine rings is 1. The Morgan fingerprint density at radius 3 is 2.95 bits per heavy atom. The zero-order valence-corrected chi connectivity index (χ0v) is 12.5. The van der Waals surface area contributed by atoms with E-state index in [1.54, 1.807) is 11.1 Å². The van der Waals surface area contributed by atoms with E-state index in [0.717, 1.165) is 25.1 Å². The third kappa shape index (κ3) is 4.46. The fraction of sp³-hybridized carbons (Fsp3) is 0.714. The van der Waals surface area contributed by atoms with Crippen LogP contribution in [0.25, 0.3) is 0 Å². The van der Waals surface area contributed by atoms with Crippen LogP contribution in [-0.2, 0) is 16.0 Å². The first kappa shape index (κ1) is 16.8. The molecule has 1 aromatic heterocycles. The molecule has 0 unspecified atom stereocenters. The molecule has 124 valence electrons. The molecular weight excluding hydrogens is 299 g/mol. The van der Waals surface area contributed by atoms with Crippen LogP contribution in [0.3, 0.4) is 0 Å². The Hall–Kier alpha value is -1.57. The number of carbonyl (C=O) groups excluding carboxylic acids is 1. The second-order valence-electron chi connectivity index (χ2n) is 5.35. The summed E-state index contributed by atoms with van der Waals surface area (Å²) in [5, 5.41) is 0. The zero-order chi connectivity index (χ0) is 16.2. The van der Waals surface area contributed by atoms with E-state index in [0.29, 0.717) is 13.1 Å². The molecule has 0 N–H and O–H groups in total. The Bertz CT molecular complexity index is 502. The average molecular weight is 319 g/mol. The number of likely N-dealkylation sites (tertiary alicyclic amines) is 1. The maximum atomic E-state index is 12.0. The van der Waals surface area contributed by atoms with E-state index in [1.165, 1.54) is 0 Å². The number of hydrogen-bond acceptors (Lipinski definition) is 3. The van der Waals surface area contributed by atoms with E-state index in [9.17, 15) is 18.0 Å². The molecule has 0 spiro atoms. The van der Waals surface area contributed by atoms with Gasteiger partial charge in [-0.05, 0) is 12.8 Å². The number of ether oxygens (including phenoxy) is 1. The predicted octanol–water partition coefficient (Wildman–Crippen LogP) is 2.19. The molecule has 0 radical (unpaired) electrons. The van der Waals surface area contributed by atoms with Gasteiger partial charge < -0.3 is 14.2 Å². The van der Waals surface area contributed by atoms with Gasteiger partial charge in [0.1, 0.15) is 19.0 Å². The van der Waals surface area contributed by atoms with Crippen LogP contribution in [0, 0.1) is 0 Å². The summed E-state index contributed by atoms with van der Waals surface area (Å²) in [7, 11) is 0. The average Bonchev–Trinajstić information content (AvgIpc) is 2.94. The molecule has 8 heteroatoms. The SMILES string of the molecule is CCc1nccn1[C@H]1CCCN(C(=O)COCC(F)(F)F)C1. The van der Waals surface area contributed by atoms with Crippen LogP contribution in [0.5, 0.6) is 0 Å². The molecule has 2 rings (SSSR count). The number of aromatic nitrogens is 2. The second-order valence-corrected chi connectivity index (χ2v) is 5.35. The first-order chi connectivity index (χ1) is 10.4. The van der Waals surface area contributed by atoms with Crippen LogP contribution in [0.2, 0.25) is 0 Å². The van der Waals surface area contributed by atoms with E-state index in [4.69, 9.17) is 0 Å². The van der Waals surface area contributed by atoms with Crippen LogP contribution in [0.1, 0.15) is 31.6 Å². The fourth-order valence-corrected chi connectivity index (χ4v) is 2.70. The van der Waals surface area contributed by atoms with E-state index < -0.39 is 25.3 Å². The molecule has 1 fully saturated rings. The van der Waals surface area contributed by atoms with Crippen molar-refractivity contribution >= 4 is 5.91 Å². The lowest BCUT2D eigenvalue weighted by Crippen LogP contribution is -2.43. The number of amides is 1. The van der Waals surface area contributed by atoms with Crippen molar-refractivity contribution in [3.8, 4) is 0 Å². The van der Waals surface area contributed by atoms with Crippen molar-refractivity contribution in [2.45, 2.75) is 38.4 Å². The van der Waals surface area contributed by atoms with Crippen LogP contribution >= 0.6 is 0 Å². The minimum absolute atomic E-state index is 0.123. The van der Waals surface area contributed by atoms with Crippen LogP contribution in [0.4, 0.5) is 13.2 Å². The molecule has 22 heavy (non-hydrogen) atoms. The summed E-state index contributed by atoms with van der Waals surface area (Å²) in [6.07, 6.45) is 1.75.